The Morgan fingerprint density at radius 2 is 1.88 bits per heavy atom. The molecule has 4 nitrogen and oxygen atoms in total. The van der Waals surface area contributed by atoms with Gasteiger partial charge in [-0.2, -0.15) is 0 Å². The van der Waals surface area contributed by atoms with Crippen molar-refractivity contribution in [3.63, 3.8) is 0 Å². The smallest absolute Gasteiger partial charge is 0.414 e. The summed E-state index contributed by atoms with van der Waals surface area (Å²) in [7, 11) is 0. The van der Waals surface area contributed by atoms with Crippen molar-refractivity contribution in [1.29, 1.82) is 0 Å². The van der Waals surface area contributed by atoms with Crippen molar-refractivity contribution >= 4 is 11.8 Å². The summed E-state index contributed by atoms with van der Waals surface area (Å²) in [6, 6.07) is 16.1. The Hall–Kier alpha value is -2.33. The molecule has 1 aliphatic rings. The van der Waals surface area contributed by atoms with Gasteiger partial charge in [0, 0.05) is 12.1 Å². The molecule has 2 aromatic carbocycles. The fourth-order valence-corrected chi connectivity index (χ4v) is 3.09. The van der Waals surface area contributed by atoms with Crippen LogP contribution in [0.15, 0.2) is 48.5 Å². The second-order valence-electron chi connectivity index (χ2n) is 7.49. The Bertz CT molecular complexity index is 749. The van der Waals surface area contributed by atoms with E-state index in [-0.39, 0.29) is 6.09 Å². The van der Waals surface area contributed by atoms with Crippen molar-refractivity contribution in [1.82, 2.24) is 0 Å². The van der Waals surface area contributed by atoms with Gasteiger partial charge in [0.1, 0.15) is 5.60 Å². The molecule has 0 bridgehead atoms. The highest BCUT2D eigenvalue weighted by molar-refractivity contribution is 5.89. The summed E-state index contributed by atoms with van der Waals surface area (Å²) in [6.45, 7) is 6.02. The molecule has 1 N–H and O–H groups in total. The van der Waals surface area contributed by atoms with Gasteiger partial charge in [-0.25, -0.2) is 4.79 Å². The van der Waals surface area contributed by atoms with E-state index in [0.29, 0.717) is 13.0 Å². The number of fused-ring (bicyclic) bond motifs is 1. The maximum absolute atomic E-state index is 12.5. The quantitative estimate of drug-likeness (QED) is 0.879. The number of aliphatic hydroxyl groups is 1. The summed E-state index contributed by atoms with van der Waals surface area (Å²) >= 11 is 0. The van der Waals surface area contributed by atoms with Crippen LogP contribution in [0, 0.1) is 0 Å². The van der Waals surface area contributed by atoms with Gasteiger partial charge in [0.05, 0.1) is 11.8 Å². The second-order valence-corrected chi connectivity index (χ2v) is 7.49. The zero-order valence-electron chi connectivity index (χ0n) is 15.0. The van der Waals surface area contributed by atoms with Crippen LogP contribution in [0.3, 0.4) is 0 Å². The van der Waals surface area contributed by atoms with E-state index in [1.54, 1.807) is 4.90 Å². The SMILES string of the molecule is CC(C)(C)OC(=O)N1CC[C@@H](O)c2cc(Cc3ccccc3)ccc21. The third-order valence-electron chi connectivity index (χ3n) is 4.23. The van der Waals surface area contributed by atoms with E-state index in [1.165, 1.54) is 5.56 Å². The zero-order chi connectivity index (χ0) is 18.0. The number of carbonyl (C=O) groups excluding carboxylic acids is 1. The van der Waals surface area contributed by atoms with Gasteiger partial charge in [0.2, 0.25) is 0 Å². The molecule has 1 atom stereocenters. The molecule has 0 radical (unpaired) electrons. The third-order valence-corrected chi connectivity index (χ3v) is 4.23. The lowest BCUT2D eigenvalue weighted by molar-refractivity contribution is 0.0565. The van der Waals surface area contributed by atoms with E-state index >= 15 is 0 Å². The molecule has 25 heavy (non-hydrogen) atoms. The Morgan fingerprint density at radius 3 is 2.56 bits per heavy atom. The van der Waals surface area contributed by atoms with Crippen LogP contribution in [0.5, 0.6) is 0 Å². The zero-order valence-corrected chi connectivity index (χ0v) is 15.0. The molecule has 3 rings (SSSR count). The highest BCUT2D eigenvalue weighted by Gasteiger charge is 2.30. The standard InChI is InChI=1S/C21H25NO3/c1-21(2,3)25-20(24)22-12-11-19(23)17-14-16(9-10-18(17)22)13-15-7-5-4-6-8-15/h4-10,14,19,23H,11-13H2,1-3H3/t19-/m1/s1. The van der Waals surface area contributed by atoms with Crippen LogP contribution in [-0.2, 0) is 11.2 Å². The molecular weight excluding hydrogens is 314 g/mol. The van der Waals surface area contributed by atoms with Gasteiger partial charge in [-0.1, -0.05) is 42.5 Å². The molecule has 2 aromatic rings. The van der Waals surface area contributed by atoms with Crippen molar-refractivity contribution < 1.29 is 14.6 Å². The number of hydrogen-bond donors (Lipinski definition) is 1. The van der Waals surface area contributed by atoms with E-state index in [9.17, 15) is 9.90 Å². The lowest BCUT2D eigenvalue weighted by Gasteiger charge is -2.34. The minimum atomic E-state index is -0.551. The van der Waals surface area contributed by atoms with Gasteiger partial charge in [-0.3, -0.25) is 4.90 Å². The van der Waals surface area contributed by atoms with Crippen LogP contribution < -0.4 is 4.90 Å². The van der Waals surface area contributed by atoms with Crippen LogP contribution in [0.4, 0.5) is 10.5 Å². The van der Waals surface area contributed by atoms with Crippen LogP contribution in [0.2, 0.25) is 0 Å². The van der Waals surface area contributed by atoms with E-state index < -0.39 is 11.7 Å². The number of nitrogens with zero attached hydrogens (tertiary/aromatic N) is 1. The van der Waals surface area contributed by atoms with E-state index in [4.69, 9.17) is 4.74 Å². The topological polar surface area (TPSA) is 49.8 Å². The molecule has 0 aliphatic carbocycles. The van der Waals surface area contributed by atoms with Gasteiger partial charge in [-0.15, -0.1) is 0 Å². The number of benzene rings is 2. The largest absolute Gasteiger partial charge is 0.443 e. The van der Waals surface area contributed by atoms with Gasteiger partial charge in [-0.05, 0) is 50.8 Å². The predicted octanol–water partition coefficient (Wildman–Crippen LogP) is 4.46. The average Bonchev–Trinajstić information content (AvgIpc) is 2.55. The molecule has 0 saturated heterocycles. The molecule has 0 unspecified atom stereocenters. The van der Waals surface area contributed by atoms with Crippen molar-refractivity contribution in [3.05, 3.63) is 65.2 Å². The fourth-order valence-electron chi connectivity index (χ4n) is 3.09. The van der Waals surface area contributed by atoms with Crippen LogP contribution >= 0.6 is 0 Å². The number of amides is 1. The molecule has 4 heteroatoms. The summed E-state index contributed by atoms with van der Waals surface area (Å²) < 4.78 is 5.50. The first-order valence-corrected chi connectivity index (χ1v) is 8.69. The van der Waals surface area contributed by atoms with Crippen molar-refractivity contribution in [2.24, 2.45) is 0 Å². The molecule has 0 aromatic heterocycles. The van der Waals surface area contributed by atoms with Crippen molar-refractivity contribution in [2.75, 3.05) is 11.4 Å². The number of aliphatic hydroxyl groups excluding tert-OH is 1. The van der Waals surface area contributed by atoms with Crippen molar-refractivity contribution in [2.45, 2.75) is 45.3 Å². The number of hydrogen-bond acceptors (Lipinski definition) is 3. The minimum absolute atomic E-state index is 0.364. The normalized spacial score (nSPS) is 17.1. The number of carbonyl (C=O) groups is 1. The first-order chi connectivity index (χ1) is 11.8. The minimum Gasteiger partial charge on any atom is -0.443 e. The molecule has 0 saturated carbocycles. The van der Waals surface area contributed by atoms with Crippen LogP contribution in [0.25, 0.3) is 0 Å². The first-order valence-electron chi connectivity index (χ1n) is 8.69. The molecular formula is C21H25NO3. The maximum Gasteiger partial charge on any atom is 0.414 e. The Balaban J connectivity index is 1.86. The molecule has 0 spiro atoms. The van der Waals surface area contributed by atoms with Gasteiger partial charge < -0.3 is 9.84 Å². The molecule has 132 valence electrons. The Kier molecular flexibility index (Phi) is 4.82. The third kappa shape index (κ3) is 4.20. The summed E-state index contributed by atoms with van der Waals surface area (Å²) in [4.78, 5) is 14.1. The molecule has 1 heterocycles. The molecule has 0 fully saturated rings. The number of anilines is 1. The highest BCUT2D eigenvalue weighted by Crippen LogP contribution is 2.35. The van der Waals surface area contributed by atoms with Gasteiger partial charge >= 0.3 is 6.09 Å². The molecule has 1 aliphatic heterocycles. The summed E-state index contributed by atoms with van der Waals surface area (Å²) in [5, 5.41) is 10.4. The monoisotopic (exact) mass is 339 g/mol. The predicted molar refractivity (Wildman–Crippen MR) is 98.8 cm³/mol. The maximum atomic E-state index is 12.5. The van der Waals surface area contributed by atoms with E-state index in [2.05, 4.69) is 12.1 Å². The van der Waals surface area contributed by atoms with Gasteiger partial charge in [0.15, 0.2) is 0 Å². The Morgan fingerprint density at radius 1 is 1.16 bits per heavy atom. The second kappa shape index (κ2) is 6.89. The number of ether oxygens (including phenoxy) is 1. The van der Waals surface area contributed by atoms with Gasteiger partial charge in [0.25, 0.3) is 0 Å². The lowest BCUT2D eigenvalue weighted by Crippen LogP contribution is -2.40. The van der Waals surface area contributed by atoms with E-state index in [0.717, 1.165) is 23.2 Å². The highest BCUT2D eigenvalue weighted by atomic mass is 16.6. The van der Waals surface area contributed by atoms with Crippen LogP contribution in [0.1, 0.15) is 50.0 Å². The summed E-state index contributed by atoms with van der Waals surface area (Å²) in [6.07, 6.45) is 0.398. The fraction of sp³-hybridized carbons (Fsp3) is 0.381. The number of rotatable bonds is 2. The van der Waals surface area contributed by atoms with E-state index in [1.807, 2.05) is 57.2 Å². The Labute approximate surface area is 149 Å². The first kappa shape index (κ1) is 17.5. The average molecular weight is 339 g/mol. The summed E-state index contributed by atoms with van der Waals surface area (Å²) in [5.41, 5.74) is 3.34. The van der Waals surface area contributed by atoms with Crippen LogP contribution in [-0.4, -0.2) is 23.3 Å². The summed E-state index contributed by atoms with van der Waals surface area (Å²) in [5.74, 6) is 0. The van der Waals surface area contributed by atoms with Crippen molar-refractivity contribution in [3.8, 4) is 0 Å². The molecule has 1 amide bonds. The lowest BCUT2D eigenvalue weighted by atomic mass is 9.94.